The van der Waals surface area contributed by atoms with Gasteiger partial charge >= 0.3 is 5.97 Å². The Balaban J connectivity index is 1.83. The van der Waals surface area contributed by atoms with E-state index in [4.69, 9.17) is 19.3 Å². The Kier molecular flexibility index (Phi) is 5.66. The van der Waals surface area contributed by atoms with Gasteiger partial charge in [-0.15, -0.1) is 0 Å². The monoisotopic (exact) mass is 363 g/mol. The predicted molar refractivity (Wildman–Crippen MR) is 93.7 cm³/mol. The first kappa shape index (κ1) is 18.5. The zero-order chi connectivity index (χ0) is 18.7. The number of likely N-dealkylation sites (tertiary alicyclic amines) is 1. The molecule has 0 spiro atoms. The molecule has 1 saturated heterocycles. The number of benzene rings is 1. The molecule has 2 aliphatic rings. The van der Waals surface area contributed by atoms with Crippen LogP contribution in [0.1, 0.15) is 36.0 Å². The maximum Gasteiger partial charge on any atom is 0.305 e. The summed E-state index contributed by atoms with van der Waals surface area (Å²) >= 11 is 0. The van der Waals surface area contributed by atoms with Gasteiger partial charge in [0.15, 0.2) is 0 Å². The van der Waals surface area contributed by atoms with Crippen molar-refractivity contribution in [2.75, 3.05) is 27.4 Å². The summed E-state index contributed by atoms with van der Waals surface area (Å²) in [5.41, 5.74) is 0.429. The van der Waals surface area contributed by atoms with Gasteiger partial charge < -0.3 is 24.2 Å². The predicted octanol–water partition coefficient (Wildman–Crippen LogP) is 2.19. The smallest absolute Gasteiger partial charge is 0.305 e. The first-order valence-electron chi connectivity index (χ1n) is 8.88. The zero-order valence-electron chi connectivity index (χ0n) is 15.1. The quantitative estimate of drug-likeness (QED) is 0.762. The first-order valence-corrected chi connectivity index (χ1v) is 8.88. The van der Waals surface area contributed by atoms with Crippen molar-refractivity contribution in [2.45, 2.75) is 37.8 Å². The summed E-state index contributed by atoms with van der Waals surface area (Å²) in [4.78, 5) is 25.9. The van der Waals surface area contributed by atoms with Gasteiger partial charge in [0.25, 0.3) is 5.91 Å². The van der Waals surface area contributed by atoms with Crippen LogP contribution in [0.2, 0.25) is 0 Å². The van der Waals surface area contributed by atoms with E-state index in [1.54, 1.807) is 37.3 Å². The largest absolute Gasteiger partial charge is 0.497 e. The average molecular weight is 363 g/mol. The number of rotatable bonds is 8. The van der Waals surface area contributed by atoms with Gasteiger partial charge in [0.2, 0.25) is 0 Å². The first-order chi connectivity index (χ1) is 12.5. The molecule has 1 aliphatic carbocycles. The summed E-state index contributed by atoms with van der Waals surface area (Å²) < 4.78 is 16.5. The fraction of sp³-hybridized carbons (Fsp3) is 0.579. The molecule has 7 nitrogen and oxygen atoms in total. The normalized spacial score (nSPS) is 22.3. The van der Waals surface area contributed by atoms with Crippen LogP contribution in [0, 0.1) is 5.92 Å². The van der Waals surface area contributed by atoms with E-state index in [0.29, 0.717) is 42.6 Å². The van der Waals surface area contributed by atoms with Crippen molar-refractivity contribution in [1.29, 1.82) is 0 Å². The van der Waals surface area contributed by atoms with Crippen LogP contribution in [0.15, 0.2) is 18.2 Å². The third kappa shape index (κ3) is 4.27. The molecule has 0 bridgehead atoms. The lowest BCUT2D eigenvalue weighted by molar-refractivity contribution is -0.137. The van der Waals surface area contributed by atoms with Crippen molar-refractivity contribution < 1.29 is 28.9 Å². The van der Waals surface area contributed by atoms with Crippen molar-refractivity contribution in [3.8, 4) is 11.5 Å². The molecule has 142 valence electrons. The Bertz CT molecular complexity index is 672. The van der Waals surface area contributed by atoms with Gasteiger partial charge in [-0.3, -0.25) is 9.59 Å². The maximum absolute atomic E-state index is 13.1. The molecule has 2 atom stereocenters. The van der Waals surface area contributed by atoms with E-state index in [2.05, 4.69) is 0 Å². The fourth-order valence-electron chi connectivity index (χ4n) is 3.26. The van der Waals surface area contributed by atoms with E-state index < -0.39 is 5.97 Å². The average Bonchev–Trinajstić information content (AvgIpc) is 3.38. The lowest BCUT2D eigenvalue weighted by atomic mass is 10.1. The van der Waals surface area contributed by atoms with Gasteiger partial charge in [-0.05, 0) is 37.3 Å². The third-order valence-corrected chi connectivity index (χ3v) is 4.97. The Labute approximate surface area is 152 Å². The molecular formula is C19H25NO6. The van der Waals surface area contributed by atoms with Crippen LogP contribution in [0.25, 0.3) is 0 Å². The van der Waals surface area contributed by atoms with Crippen LogP contribution in [-0.4, -0.2) is 61.4 Å². The number of nitrogens with zero attached hydrogens (tertiary/aromatic N) is 1. The van der Waals surface area contributed by atoms with Crippen LogP contribution < -0.4 is 9.47 Å². The van der Waals surface area contributed by atoms with Crippen molar-refractivity contribution in [2.24, 2.45) is 5.92 Å². The van der Waals surface area contributed by atoms with Crippen molar-refractivity contribution in [1.82, 2.24) is 4.90 Å². The second-order valence-electron chi connectivity index (χ2n) is 6.92. The molecule has 0 aromatic heterocycles. The summed E-state index contributed by atoms with van der Waals surface area (Å²) in [5, 5.41) is 9.16. The third-order valence-electron chi connectivity index (χ3n) is 4.97. The van der Waals surface area contributed by atoms with Gasteiger partial charge in [-0.25, -0.2) is 0 Å². The molecular weight excluding hydrogens is 338 g/mol. The van der Waals surface area contributed by atoms with Crippen molar-refractivity contribution >= 4 is 11.9 Å². The molecule has 1 saturated carbocycles. The fourth-order valence-corrected chi connectivity index (χ4v) is 3.26. The molecule has 1 aromatic carbocycles. The molecule has 1 amide bonds. The van der Waals surface area contributed by atoms with E-state index in [9.17, 15) is 9.59 Å². The Morgan fingerprint density at radius 3 is 2.65 bits per heavy atom. The lowest BCUT2D eigenvalue weighted by Crippen LogP contribution is -2.37. The van der Waals surface area contributed by atoms with Crippen LogP contribution in [0.3, 0.4) is 0 Å². The Morgan fingerprint density at radius 2 is 2.04 bits per heavy atom. The zero-order valence-corrected chi connectivity index (χ0v) is 15.1. The minimum absolute atomic E-state index is 0.0972. The summed E-state index contributed by atoms with van der Waals surface area (Å²) in [6.07, 6.45) is 2.56. The molecule has 2 fully saturated rings. The molecule has 1 N–H and O–H groups in total. The van der Waals surface area contributed by atoms with Gasteiger partial charge in [-0.1, -0.05) is 0 Å². The van der Waals surface area contributed by atoms with Crippen molar-refractivity contribution in [3.63, 3.8) is 0 Å². The Hall–Kier alpha value is -2.28. The summed E-state index contributed by atoms with van der Waals surface area (Å²) in [5.74, 6) is 0.490. The molecule has 2 unspecified atom stereocenters. The molecule has 1 heterocycles. The standard InChI is InChI=1S/C19H25NO6/c1-24-14-5-6-16(17(9-14)26-11-12-3-4-12)19(23)20-10-15(25-2)7-13(20)8-18(21)22/h5-6,9,12-13,15H,3-4,7-8,10-11H2,1-2H3,(H,21,22). The van der Waals surface area contributed by atoms with Gasteiger partial charge in [0, 0.05) is 25.8 Å². The van der Waals surface area contributed by atoms with E-state index in [0.717, 1.165) is 12.8 Å². The number of hydrogen-bond acceptors (Lipinski definition) is 5. The minimum Gasteiger partial charge on any atom is -0.497 e. The number of hydrogen-bond donors (Lipinski definition) is 1. The highest BCUT2D eigenvalue weighted by atomic mass is 16.5. The van der Waals surface area contributed by atoms with Crippen LogP contribution in [-0.2, 0) is 9.53 Å². The second-order valence-corrected chi connectivity index (χ2v) is 6.92. The van der Waals surface area contributed by atoms with Crippen LogP contribution >= 0.6 is 0 Å². The molecule has 7 heteroatoms. The number of methoxy groups -OCH3 is 2. The Morgan fingerprint density at radius 1 is 1.27 bits per heavy atom. The maximum atomic E-state index is 13.1. The number of aliphatic carboxylic acids is 1. The van der Waals surface area contributed by atoms with Crippen molar-refractivity contribution in [3.05, 3.63) is 23.8 Å². The van der Waals surface area contributed by atoms with Crippen LogP contribution in [0.5, 0.6) is 11.5 Å². The van der Waals surface area contributed by atoms with Gasteiger partial charge in [0.1, 0.15) is 11.5 Å². The van der Waals surface area contributed by atoms with Crippen LogP contribution in [0.4, 0.5) is 0 Å². The lowest BCUT2D eigenvalue weighted by Gasteiger charge is -2.24. The molecule has 26 heavy (non-hydrogen) atoms. The molecule has 0 radical (unpaired) electrons. The number of amides is 1. The number of carboxylic acid groups (broad SMARTS) is 1. The highest BCUT2D eigenvalue weighted by molar-refractivity contribution is 5.97. The minimum atomic E-state index is -0.926. The molecule has 1 aromatic rings. The molecule has 3 rings (SSSR count). The number of carboxylic acids is 1. The summed E-state index contributed by atoms with van der Waals surface area (Å²) in [6.45, 7) is 0.952. The van der Waals surface area contributed by atoms with Gasteiger partial charge in [-0.2, -0.15) is 0 Å². The number of carbonyl (C=O) groups is 2. The highest BCUT2D eigenvalue weighted by Crippen LogP contribution is 2.33. The SMILES string of the molecule is COc1ccc(C(=O)N2CC(OC)CC2CC(=O)O)c(OCC2CC2)c1. The number of ether oxygens (including phenoxy) is 3. The number of carbonyl (C=O) groups excluding carboxylic acids is 1. The summed E-state index contributed by atoms with van der Waals surface area (Å²) in [6, 6.07) is 4.73. The van der Waals surface area contributed by atoms with E-state index >= 15 is 0 Å². The van der Waals surface area contributed by atoms with E-state index in [-0.39, 0.29) is 24.5 Å². The van der Waals surface area contributed by atoms with E-state index in [1.807, 2.05) is 0 Å². The van der Waals surface area contributed by atoms with Gasteiger partial charge in [0.05, 0.1) is 31.8 Å². The second kappa shape index (κ2) is 7.95. The topological polar surface area (TPSA) is 85.3 Å². The highest BCUT2D eigenvalue weighted by Gasteiger charge is 2.38. The molecule has 1 aliphatic heterocycles. The summed E-state index contributed by atoms with van der Waals surface area (Å²) in [7, 11) is 3.14. The van der Waals surface area contributed by atoms with E-state index in [1.165, 1.54) is 0 Å².